The minimum atomic E-state index is 0.132. The van der Waals surface area contributed by atoms with Gasteiger partial charge in [0.2, 0.25) is 0 Å². The van der Waals surface area contributed by atoms with Crippen molar-refractivity contribution in [2.45, 2.75) is 19.9 Å². The Morgan fingerprint density at radius 3 is 2.48 bits per heavy atom. The van der Waals surface area contributed by atoms with E-state index < -0.39 is 0 Å². The summed E-state index contributed by atoms with van der Waals surface area (Å²) >= 11 is 7.27. The molecule has 2 aromatic carbocycles. The highest BCUT2D eigenvalue weighted by Gasteiger charge is 2.18. The smallest absolute Gasteiger partial charge is 0.120 e. The largest absolute Gasteiger partial charge is 0.494 e. The van der Waals surface area contributed by atoms with E-state index >= 15 is 0 Å². The Balaban J connectivity index is 2.44. The molecule has 0 saturated heterocycles. The summed E-state index contributed by atoms with van der Waals surface area (Å²) in [4.78, 5) is 0. The van der Waals surface area contributed by atoms with Gasteiger partial charge in [-0.3, -0.25) is 0 Å². The first-order valence-corrected chi connectivity index (χ1v) is 8.51. The Labute approximate surface area is 143 Å². The Hall–Kier alpha value is -0.840. The van der Waals surface area contributed by atoms with Gasteiger partial charge in [-0.1, -0.05) is 50.1 Å². The summed E-state index contributed by atoms with van der Waals surface area (Å²) in [6.45, 7) is 4.79. The van der Waals surface area contributed by atoms with E-state index in [9.17, 15) is 0 Å². The number of hydrogen-bond acceptors (Lipinski definition) is 2. The van der Waals surface area contributed by atoms with Crippen molar-refractivity contribution in [3.8, 4) is 5.75 Å². The minimum absolute atomic E-state index is 0.132. The maximum Gasteiger partial charge on any atom is 0.120 e. The molecule has 0 radical (unpaired) electrons. The quantitative estimate of drug-likeness (QED) is 0.725. The molecule has 1 atom stereocenters. The van der Waals surface area contributed by atoms with Gasteiger partial charge < -0.3 is 10.1 Å². The molecule has 112 valence electrons. The van der Waals surface area contributed by atoms with Crippen molar-refractivity contribution in [2.24, 2.45) is 0 Å². The third-order valence-corrected chi connectivity index (χ3v) is 5.05. The van der Waals surface area contributed by atoms with Crippen molar-refractivity contribution in [1.29, 1.82) is 0 Å². The lowest BCUT2D eigenvalue weighted by atomic mass is 9.95. The second-order valence-corrected chi connectivity index (χ2v) is 6.50. The molecule has 0 aliphatic heterocycles. The standard InChI is InChI=1S/C17H19Br2NO/c1-4-21-12-8-9-14(16(19)10-12)17(20-3)13-6-5-7-15(18)11(13)2/h5-10,17,20H,4H2,1-3H3. The fraction of sp³-hybridized carbons (Fsp3) is 0.294. The van der Waals surface area contributed by atoms with Gasteiger partial charge in [0.1, 0.15) is 5.75 Å². The zero-order valence-electron chi connectivity index (χ0n) is 12.4. The number of hydrogen-bond donors (Lipinski definition) is 1. The third kappa shape index (κ3) is 3.68. The highest BCUT2D eigenvalue weighted by molar-refractivity contribution is 9.10. The monoisotopic (exact) mass is 411 g/mol. The van der Waals surface area contributed by atoms with Crippen LogP contribution in [0.25, 0.3) is 0 Å². The number of benzene rings is 2. The van der Waals surface area contributed by atoms with E-state index in [1.165, 1.54) is 16.7 Å². The molecule has 4 heteroatoms. The SMILES string of the molecule is CCOc1ccc(C(NC)c2cccc(Br)c2C)c(Br)c1. The first kappa shape index (κ1) is 16.5. The fourth-order valence-electron chi connectivity index (χ4n) is 2.41. The second kappa shape index (κ2) is 7.43. The molecule has 0 aliphatic rings. The lowest BCUT2D eigenvalue weighted by molar-refractivity contribution is 0.340. The van der Waals surface area contributed by atoms with Crippen LogP contribution in [0.1, 0.15) is 29.7 Å². The molecular weight excluding hydrogens is 394 g/mol. The molecule has 0 heterocycles. The molecular formula is C17H19Br2NO. The highest BCUT2D eigenvalue weighted by Crippen LogP contribution is 2.34. The first-order chi connectivity index (χ1) is 10.1. The van der Waals surface area contributed by atoms with Crippen LogP contribution in [0.15, 0.2) is 45.3 Å². The normalized spacial score (nSPS) is 12.2. The van der Waals surface area contributed by atoms with E-state index in [0.717, 1.165) is 14.7 Å². The Morgan fingerprint density at radius 2 is 1.86 bits per heavy atom. The van der Waals surface area contributed by atoms with Gasteiger partial charge in [-0.05, 0) is 55.8 Å². The summed E-state index contributed by atoms with van der Waals surface area (Å²) in [5.74, 6) is 0.883. The molecule has 0 amide bonds. The number of ether oxygens (including phenoxy) is 1. The first-order valence-electron chi connectivity index (χ1n) is 6.93. The summed E-state index contributed by atoms with van der Waals surface area (Å²) in [6, 6.07) is 12.6. The van der Waals surface area contributed by atoms with Gasteiger partial charge in [-0.15, -0.1) is 0 Å². The lowest BCUT2D eigenvalue weighted by Gasteiger charge is -2.22. The van der Waals surface area contributed by atoms with Crippen molar-refractivity contribution < 1.29 is 4.74 Å². The van der Waals surface area contributed by atoms with Crippen LogP contribution < -0.4 is 10.1 Å². The number of nitrogens with one attached hydrogen (secondary N) is 1. The number of halogens is 2. The Morgan fingerprint density at radius 1 is 1.10 bits per heavy atom. The van der Waals surface area contributed by atoms with Crippen LogP contribution in [0, 0.1) is 6.92 Å². The lowest BCUT2D eigenvalue weighted by Crippen LogP contribution is -2.19. The molecule has 2 aromatic rings. The summed E-state index contributed by atoms with van der Waals surface area (Å²) in [5.41, 5.74) is 3.71. The molecule has 0 aromatic heterocycles. The maximum atomic E-state index is 5.55. The van der Waals surface area contributed by atoms with E-state index in [2.05, 4.69) is 68.4 Å². The van der Waals surface area contributed by atoms with Gasteiger partial charge in [0, 0.05) is 8.95 Å². The van der Waals surface area contributed by atoms with Gasteiger partial charge in [0.25, 0.3) is 0 Å². The van der Waals surface area contributed by atoms with Crippen LogP contribution >= 0.6 is 31.9 Å². The summed E-state index contributed by atoms with van der Waals surface area (Å²) in [6.07, 6.45) is 0. The minimum Gasteiger partial charge on any atom is -0.494 e. The van der Waals surface area contributed by atoms with Crippen LogP contribution in [0.2, 0.25) is 0 Å². The molecule has 0 saturated carbocycles. The van der Waals surface area contributed by atoms with E-state index in [4.69, 9.17) is 4.74 Å². The van der Waals surface area contributed by atoms with Crippen molar-refractivity contribution in [1.82, 2.24) is 5.32 Å². The van der Waals surface area contributed by atoms with Gasteiger partial charge in [-0.25, -0.2) is 0 Å². The van der Waals surface area contributed by atoms with E-state index in [1.807, 2.05) is 26.1 Å². The highest BCUT2D eigenvalue weighted by atomic mass is 79.9. The van der Waals surface area contributed by atoms with Crippen molar-refractivity contribution in [2.75, 3.05) is 13.7 Å². The van der Waals surface area contributed by atoms with Crippen molar-refractivity contribution in [3.05, 3.63) is 62.0 Å². The zero-order chi connectivity index (χ0) is 15.4. The van der Waals surface area contributed by atoms with Crippen LogP contribution in [-0.2, 0) is 0 Å². The van der Waals surface area contributed by atoms with Crippen molar-refractivity contribution >= 4 is 31.9 Å². The third-order valence-electron chi connectivity index (χ3n) is 3.50. The molecule has 0 fully saturated rings. The van der Waals surface area contributed by atoms with E-state index in [-0.39, 0.29) is 6.04 Å². The average molecular weight is 413 g/mol. The molecule has 2 nitrogen and oxygen atoms in total. The van der Waals surface area contributed by atoms with Gasteiger partial charge in [0.05, 0.1) is 12.6 Å². The van der Waals surface area contributed by atoms with Gasteiger partial charge in [-0.2, -0.15) is 0 Å². The Bertz CT molecular complexity index is 628. The van der Waals surface area contributed by atoms with Gasteiger partial charge in [0.15, 0.2) is 0 Å². The van der Waals surface area contributed by atoms with Crippen molar-refractivity contribution in [3.63, 3.8) is 0 Å². The van der Waals surface area contributed by atoms with E-state index in [0.29, 0.717) is 6.61 Å². The Kier molecular flexibility index (Phi) is 5.85. The average Bonchev–Trinajstić information content (AvgIpc) is 2.46. The summed E-state index contributed by atoms with van der Waals surface area (Å²) in [7, 11) is 1.98. The topological polar surface area (TPSA) is 21.3 Å². The van der Waals surface area contributed by atoms with Crippen LogP contribution in [0.5, 0.6) is 5.75 Å². The second-order valence-electron chi connectivity index (χ2n) is 4.79. The molecule has 21 heavy (non-hydrogen) atoms. The molecule has 0 bridgehead atoms. The van der Waals surface area contributed by atoms with Crippen LogP contribution in [0.4, 0.5) is 0 Å². The molecule has 0 aliphatic carbocycles. The fourth-order valence-corrected chi connectivity index (χ4v) is 3.38. The maximum absolute atomic E-state index is 5.55. The molecule has 2 rings (SSSR count). The predicted octanol–water partition coefficient (Wildman–Crippen LogP) is 5.23. The van der Waals surface area contributed by atoms with Gasteiger partial charge >= 0.3 is 0 Å². The zero-order valence-corrected chi connectivity index (χ0v) is 15.6. The predicted molar refractivity (Wildman–Crippen MR) is 95.1 cm³/mol. The van der Waals surface area contributed by atoms with Crippen LogP contribution in [0.3, 0.4) is 0 Å². The van der Waals surface area contributed by atoms with E-state index in [1.54, 1.807) is 0 Å². The number of rotatable bonds is 5. The molecule has 1 unspecified atom stereocenters. The summed E-state index contributed by atoms with van der Waals surface area (Å²) < 4.78 is 7.72. The van der Waals surface area contributed by atoms with Crippen LogP contribution in [-0.4, -0.2) is 13.7 Å². The molecule has 1 N–H and O–H groups in total. The summed E-state index contributed by atoms with van der Waals surface area (Å²) in [5, 5.41) is 3.40. The molecule has 0 spiro atoms.